The number of rotatable bonds is 2. The fourth-order valence-electron chi connectivity index (χ4n) is 2.41. The van der Waals surface area contributed by atoms with Gasteiger partial charge in [0.05, 0.1) is 5.75 Å². The van der Waals surface area contributed by atoms with Crippen LogP contribution in [-0.2, 0) is 9.84 Å². The van der Waals surface area contributed by atoms with Gasteiger partial charge in [-0.1, -0.05) is 13.0 Å². The zero-order valence-electron chi connectivity index (χ0n) is 9.15. The summed E-state index contributed by atoms with van der Waals surface area (Å²) in [6, 6.07) is 0.567. The van der Waals surface area contributed by atoms with E-state index in [-0.39, 0.29) is 11.8 Å². The van der Waals surface area contributed by atoms with E-state index >= 15 is 0 Å². The Hall–Kier alpha value is -0.350. The van der Waals surface area contributed by atoms with E-state index in [1.54, 1.807) is 6.08 Å². The molecule has 86 valence electrons. The summed E-state index contributed by atoms with van der Waals surface area (Å²) >= 11 is 0. The molecule has 0 spiro atoms. The van der Waals surface area contributed by atoms with Crippen LogP contribution in [0.2, 0.25) is 0 Å². The average Bonchev–Trinajstić information content (AvgIpc) is 2.50. The Morgan fingerprint density at radius 1 is 1.20 bits per heavy atom. The molecular formula is C11H19NO2S. The van der Waals surface area contributed by atoms with Crippen molar-refractivity contribution in [2.24, 2.45) is 5.92 Å². The second-order valence-corrected chi connectivity index (χ2v) is 6.82. The van der Waals surface area contributed by atoms with Gasteiger partial charge in [-0.3, -0.25) is 0 Å². The van der Waals surface area contributed by atoms with E-state index in [4.69, 9.17) is 0 Å². The highest BCUT2D eigenvalue weighted by Gasteiger charge is 2.25. The normalized spacial score (nSPS) is 39.4. The van der Waals surface area contributed by atoms with Crippen LogP contribution >= 0.6 is 0 Å². The predicted octanol–water partition coefficient (Wildman–Crippen LogP) is 1.47. The Labute approximate surface area is 91.9 Å². The standard InChI is InChI=1S/C11H19NO2S/c1-9-2-4-10(5-3-9)12-11-6-7-15(13,14)8-11/h6-7,9-12H,2-5,8H2,1H3. The molecule has 0 aromatic carbocycles. The Balaban J connectivity index is 1.82. The number of nitrogens with one attached hydrogen (secondary N) is 1. The van der Waals surface area contributed by atoms with Crippen LogP contribution in [0, 0.1) is 5.92 Å². The molecular weight excluding hydrogens is 210 g/mol. The molecule has 2 rings (SSSR count). The van der Waals surface area contributed by atoms with Crippen LogP contribution < -0.4 is 5.32 Å². The van der Waals surface area contributed by atoms with Gasteiger partial charge in [0.2, 0.25) is 0 Å². The van der Waals surface area contributed by atoms with Crippen molar-refractivity contribution >= 4 is 9.84 Å². The van der Waals surface area contributed by atoms with Crippen molar-refractivity contribution in [2.75, 3.05) is 5.75 Å². The molecule has 0 saturated heterocycles. The Morgan fingerprint density at radius 2 is 1.87 bits per heavy atom. The van der Waals surface area contributed by atoms with E-state index in [1.807, 2.05) is 0 Å². The van der Waals surface area contributed by atoms with E-state index in [9.17, 15) is 8.42 Å². The van der Waals surface area contributed by atoms with Crippen molar-refractivity contribution in [1.82, 2.24) is 5.32 Å². The number of hydrogen-bond acceptors (Lipinski definition) is 3. The lowest BCUT2D eigenvalue weighted by molar-refractivity contribution is 0.301. The van der Waals surface area contributed by atoms with Crippen molar-refractivity contribution in [3.05, 3.63) is 11.5 Å². The minimum Gasteiger partial charge on any atom is -0.307 e. The number of hydrogen-bond donors (Lipinski definition) is 1. The van der Waals surface area contributed by atoms with Gasteiger partial charge < -0.3 is 5.32 Å². The maximum atomic E-state index is 11.2. The van der Waals surface area contributed by atoms with Crippen LogP contribution in [0.15, 0.2) is 11.5 Å². The summed E-state index contributed by atoms with van der Waals surface area (Å²) in [5.41, 5.74) is 0. The summed E-state index contributed by atoms with van der Waals surface area (Å²) < 4.78 is 22.4. The topological polar surface area (TPSA) is 46.2 Å². The first kappa shape index (κ1) is 11.1. The molecule has 1 unspecified atom stereocenters. The lowest BCUT2D eigenvalue weighted by Gasteiger charge is -2.28. The average molecular weight is 229 g/mol. The van der Waals surface area contributed by atoms with E-state index in [2.05, 4.69) is 12.2 Å². The van der Waals surface area contributed by atoms with Crippen LogP contribution in [0.1, 0.15) is 32.6 Å². The van der Waals surface area contributed by atoms with E-state index in [0.29, 0.717) is 6.04 Å². The highest BCUT2D eigenvalue weighted by atomic mass is 32.2. The predicted molar refractivity (Wildman–Crippen MR) is 61.3 cm³/mol. The van der Waals surface area contributed by atoms with Crippen molar-refractivity contribution < 1.29 is 8.42 Å². The van der Waals surface area contributed by atoms with Crippen molar-refractivity contribution in [3.8, 4) is 0 Å². The molecule has 0 aromatic rings. The van der Waals surface area contributed by atoms with Gasteiger partial charge in [0.1, 0.15) is 0 Å². The molecule has 0 aromatic heterocycles. The van der Waals surface area contributed by atoms with Gasteiger partial charge in [-0.2, -0.15) is 0 Å². The van der Waals surface area contributed by atoms with Gasteiger partial charge in [-0.15, -0.1) is 0 Å². The fraction of sp³-hybridized carbons (Fsp3) is 0.818. The molecule has 0 bridgehead atoms. The molecule has 0 radical (unpaired) electrons. The minimum absolute atomic E-state index is 0.0495. The van der Waals surface area contributed by atoms with Crippen molar-refractivity contribution in [1.29, 1.82) is 0 Å². The van der Waals surface area contributed by atoms with Gasteiger partial charge in [0, 0.05) is 17.5 Å². The molecule has 1 heterocycles. The molecule has 0 amide bonds. The van der Waals surface area contributed by atoms with Crippen LogP contribution in [0.25, 0.3) is 0 Å². The maximum absolute atomic E-state index is 11.2. The molecule has 15 heavy (non-hydrogen) atoms. The zero-order chi connectivity index (χ0) is 10.9. The smallest absolute Gasteiger partial charge is 0.173 e. The first-order valence-corrected chi connectivity index (χ1v) is 7.44. The van der Waals surface area contributed by atoms with Crippen LogP contribution in [0.4, 0.5) is 0 Å². The fourth-order valence-corrected chi connectivity index (χ4v) is 3.66. The lowest BCUT2D eigenvalue weighted by Crippen LogP contribution is -2.40. The molecule has 4 heteroatoms. The third kappa shape index (κ3) is 3.05. The van der Waals surface area contributed by atoms with E-state index in [0.717, 1.165) is 5.92 Å². The summed E-state index contributed by atoms with van der Waals surface area (Å²) in [7, 11) is -2.90. The SMILES string of the molecule is CC1CCC(NC2C=CS(=O)(=O)C2)CC1. The summed E-state index contributed by atoms with van der Waals surface area (Å²) in [5.74, 6) is 1.09. The zero-order valence-corrected chi connectivity index (χ0v) is 9.96. The summed E-state index contributed by atoms with van der Waals surface area (Å²) in [4.78, 5) is 0. The minimum atomic E-state index is -2.90. The number of sulfone groups is 1. The van der Waals surface area contributed by atoms with Crippen LogP contribution in [0.3, 0.4) is 0 Å². The summed E-state index contributed by atoms with van der Waals surface area (Å²) in [5, 5.41) is 4.77. The lowest BCUT2D eigenvalue weighted by atomic mass is 9.87. The van der Waals surface area contributed by atoms with Gasteiger partial charge in [-0.05, 0) is 31.6 Å². The Morgan fingerprint density at radius 3 is 2.40 bits per heavy atom. The van der Waals surface area contributed by atoms with Crippen molar-refractivity contribution in [2.45, 2.75) is 44.7 Å². The van der Waals surface area contributed by atoms with Crippen molar-refractivity contribution in [3.63, 3.8) is 0 Å². The molecule has 1 saturated carbocycles. The Bertz CT molecular complexity index is 340. The third-order valence-electron chi connectivity index (χ3n) is 3.40. The largest absolute Gasteiger partial charge is 0.307 e. The van der Waals surface area contributed by atoms with Crippen LogP contribution in [0.5, 0.6) is 0 Å². The van der Waals surface area contributed by atoms with Gasteiger partial charge in [-0.25, -0.2) is 8.42 Å². The van der Waals surface area contributed by atoms with Gasteiger partial charge in [0.25, 0.3) is 0 Å². The molecule has 1 aliphatic carbocycles. The van der Waals surface area contributed by atoms with Gasteiger partial charge >= 0.3 is 0 Å². The third-order valence-corrected chi connectivity index (χ3v) is 4.79. The second kappa shape index (κ2) is 4.26. The molecule has 2 aliphatic rings. The molecule has 1 atom stereocenters. The first-order valence-electron chi connectivity index (χ1n) is 5.72. The van der Waals surface area contributed by atoms with E-state index < -0.39 is 9.84 Å². The molecule has 1 N–H and O–H groups in total. The van der Waals surface area contributed by atoms with Gasteiger partial charge in [0.15, 0.2) is 9.84 Å². The second-order valence-electron chi connectivity index (χ2n) is 4.89. The highest BCUT2D eigenvalue weighted by molar-refractivity contribution is 7.94. The maximum Gasteiger partial charge on any atom is 0.173 e. The molecule has 1 fully saturated rings. The molecule has 3 nitrogen and oxygen atoms in total. The summed E-state index contributed by atoms with van der Waals surface area (Å²) in [6.07, 6.45) is 6.69. The Kier molecular flexibility index (Phi) is 3.16. The van der Waals surface area contributed by atoms with E-state index in [1.165, 1.54) is 31.1 Å². The first-order chi connectivity index (χ1) is 7.05. The van der Waals surface area contributed by atoms with Crippen LogP contribution in [-0.4, -0.2) is 26.3 Å². The summed E-state index contributed by atoms with van der Waals surface area (Å²) in [6.45, 7) is 2.29. The highest BCUT2D eigenvalue weighted by Crippen LogP contribution is 2.24. The monoisotopic (exact) mass is 229 g/mol. The molecule has 1 aliphatic heterocycles. The quantitative estimate of drug-likeness (QED) is 0.780.